The molecule has 0 radical (unpaired) electrons. The number of carbonyl (C=O) groups excluding carboxylic acids is 2. The molecule has 1 atom stereocenters. The predicted molar refractivity (Wildman–Crippen MR) is 104 cm³/mol. The highest BCUT2D eigenvalue weighted by Gasteiger charge is 2.30. The molecule has 1 aromatic carbocycles. The summed E-state index contributed by atoms with van der Waals surface area (Å²) in [5, 5.41) is 3.40. The third-order valence-corrected chi connectivity index (χ3v) is 4.21. The molecule has 1 aliphatic rings. The van der Waals surface area contributed by atoms with Gasteiger partial charge in [0.1, 0.15) is 5.60 Å². The van der Waals surface area contributed by atoms with Crippen LogP contribution in [0.25, 0.3) is 0 Å². The second kappa shape index (κ2) is 8.93. The quantitative estimate of drug-likeness (QED) is 0.794. The number of carbonyl (C=O) groups is 2. The van der Waals surface area contributed by atoms with E-state index in [2.05, 4.69) is 5.32 Å². The molecule has 0 aromatic heterocycles. The van der Waals surface area contributed by atoms with Gasteiger partial charge in [0.05, 0.1) is 18.7 Å². The zero-order valence-corrected chi connectivity index (χ0v) is 16.9. The minimum Gasteiger partial charge on any atom is -0.463 e. The Morgan fingerprint density at radius 1 is 1.22 bits per heavy atom. The van der Waals surface area contributed by atoms with Gasteiger partial charge >= 0.3 is 12.1 Å². The van der Waals surface area contributed by atoms with Gasteiger partial charge in [0, 0.05) is 18.3 Å². The molecule has 0 spiro atoms. The Bertz CT molecular complexity index is 692. The molecule has 1 amide bonds. The minimum atomic E-state index is -0.562. The SMILES string of the molecule is CCOC(=O)C1=C(N[C@@H](C)c2ccccc2)CN(C(=O)OC(C)(C)C)CC1. The van der Waals surface area contributed by atoms with Crippen LogP contribution in [0.5, 0.6) is 0 Å². The van der Waals surface area contributed by atoms with E-state index in [0.29, 0.717) is 37.4 Å². The maximum atomic E-state index is 12.5. The molecule has 6 nitrogen and oxygen atoms in total. The van der Waals surface area contributed by atoms with Gasteiger partial charge in [-0.2, -0.15) is 0 Å². The summed E-state index contributed by atoms with van der Waals surface area (Å²) in [5.41, 5.74) is 1.84. The summed E-state index contributed by atoms with van der Waals surface area (Å²) in [6.45, 7) is 10.4. The van der Waals surface area contributed by atoms with Gasteiger partial charge in [-0.05, 0) is 46.6 Å². The van der Waals surface area contributed by atoms with Crippen molar-refractivity contribution in [2.45, 2.75) is 52.7 Å². The van der Waals surface area contributed by atoms with Crippen molar-refractivity contribution >= 4 is 12.1 Å². The van der Waals surface area contributed by atoms with Crippen LogP contribution in [0.3, 0.4) is 0 Å². The average Bonchev–Trinajstić information content (AvgIpc) is 2.61. The molecule has 1 aliphatic heterocycles. The molecule has 0 fully saturated rings. The number of ether oxygens (including phenoxy) is 2. The molecule has 1 heterocycles. The third-order valence-electron chi connectivity index (χ3n) is 4.21. The lowest BCUT2D eigenvalue weighted by atomic mass is 10.0. The molecule has 0 bridgehead atoms. The van der Waals surface area contributed by atoms with E-state index in [9.17, 15) is 9.59 Å². The van der Waals surface area contributed by atoms with Crippen molar-refractivity contribution in [1.29, 1.82) is 0 Å². The highest BCUT2D eigenvalue weighted by molar-refractivity contribution is 5.90. The number of amides is 1. The first-order chi connectivity index (χ1) is 12.7. The first kappa shape index (κ1) is 20.8. The average molecular weight is 374 g/mol. The van der Waals surface area contributed by atoms with E-state index in [1.807, 2.05) is 58.0 Å². The van der Waals surface area contributed by atoms with Gasteiger partial charge in [-0.15, -0.1) is 0 Å². The van der Waals surface area contributed by atoms with Crippen molar-refractivity contribution < 1.29 is 19.1 Å². The van der Waals surface area contributed by atoms with Crippen LogP contribution >= 0.6 is 0 Å². The van der Waals surface area contributed by atoms with E-state index in [1.165, 1.54) is 0 Å². The summed E-state index contributed by atoms with van der Waals surface area (Å²) in [7, 11) is 0. The van der Waals surface area contributed by atoms with Crippen LogP contribution in [0.4, 0.5) is 4.79 Å². The number of esters is 1. The second-order valence-corrected chi connectivity index (χ2v) is 7.61. The Labute approximate surface area is 161 Å². The molecular formula is C21H30N2O4. The molecule has 1 N–H and O–H groups in total. The maximum Gasteiger partial charge on any atom is 0.410 e. The lowest BCUT2D eigenvalue weighted by Crippen LogP contribution is -2.44. The summed E-state index contributed by atoms with van der Waals surface area (Å²) in [4.78, 5) is 26.5. The van der Waals surface area contributed by atoms with Gasteiger partial charge < -0.3 is 19.7 Å². The lowest BCUT2D eigenvalue weighted by Gasteiger charge is -2.33. The summed E-state index contributed by atoms with van der Waals surface area (Å²) >= 11 is 0. The molecule has 0 aliphatic carbocycles. The predicted octanol–water partition coefficient (Wildman–Crippen LogP) is 3.80. The van der Waals surface area contributed by atoms with Gasteiger partial charge in [0.2, 0.25) is 0 Å². The van der Waals surface area contributed by atoms with E-state index in [-0.39, 0.29) is 18.1 Å². The zero-order chi connectivity index (χ0) is 20.0. The number of hydrogen-bond donors (Lipinski definition) is 1. The van der Waals surface area contributed by atoms with Crippen molar-refractivity contribution in [3.05, 3.63) is 47.2 Å². The fourth-order valence-corrected chi connectivity index (χ4v) is 2.91. The van der Waals surface area contributed by atoms with Gasteiger partial charge in [0.25, 0.3) is 0 Å². The van der Waals surface area contributed by atoms with Crippen molar-refractivity contribution in [2.24, 2.45) is 0 Å². The summed E-state index contributed by atoms with van der Waals surface area (Å²) < 4.78 is 10.7. The van der Waals surface area contributed by atoms with Gasteiger partial charge in [-0.3, -0.25) is 0 Å². The molecule has 0 unspecified atom stereocenters. The van der Waals surface area contributed by atoms with E-state index in [4.69, 9.17) is 9.47 Å². The van der Waals surface area contributed by atoms with Crippen LogP contribution in [-0.2, 0) is 14.3 Å². The van der Waals surface area contributed by atoms with Gasteiger partial charge in [-0.1, -0.05) is 30.3 Å². The minimum absolute atomic E-state index is 0.00999. The Morgan fingerprint density at radius 3 is 2.48 bits per heavy atom. The molecule has 27 heavy (non-hydrogen) atoms. The standard InChI is InChI=1S/C21H30N2O4/c1-6-26-19(24)17-12-13-23(20(25)27-21(3,4)5)14-18(17)22-15(2)16-10-8-7-9-11-16/h7-11,15,22H,6,12-14H2,1-5H3/t15-/m0/s1. The lowest BCUT2D eigenvalue weighted by molar-refractivity contribution is -0.139. The number of nitrogens with one attached hydrogen (secondary N) is 1. The van der Waals surface area contributed by atoms with Crippen molar-refractivity contribution in [1.82, 2.24) is 10.2 Å². The van der Waals surface area contributed by atoms with Crippen LogP contribution < -0.4 is 5.32 Å². The van der Waals surface area contributed by atoms with E-state index in [0.717, 1.165) is 5.56 Å². The Hall–Kier alpha value is -2.50. The summed E-state index contributed by atoms with van der Waals surface area (Å²) in [6.07, 6.45) is 0.0547. The first-order valence-electron chi connectivity index (χ1n) is 9.39. The summed E-state index contributed by atoms with van der Waals surface area (Å²) in [6, 6.07) is 9.95. The van der Waals surface area contributed by atoms with Gasteiger partial charge in [-0.25, -0.2) is 9.59 Å². The summed E-state index contributed by atoms with van der Waals surface area (Å²) in [5.74, 6) is -0.330. The number of hydrogen-bond acceptors (Lipinski definition) is 5. The fourth-order valence-electron chi connectivity index (χ4n) is 2.91. The topological polar surface area (TPSA) is 67.9 Å². The molecule has 0 saturated heterocycles. The number of benzene rings is 1. The van der Waals surface area contributed by atoms with Crippen LogP contribution in [-0.4, -0.2) is 42.3 Å². The second-order valence-electron chi connectivity index (χ2n) is 7.61. The van der Waals surface area contributed by atoms with Crippen LogP contribution in [0.1, 0.15) is 52.6 Å². The highest BCUT2D eigenvalue weighted by Crippen LogP contribution is 2.23. The van der Waals surface area contributed by atoms with Crippen molar-refractivity contribution in [2.75, 3.05) is 19.7 Å². The van der Waals surface area contributed by atoms with E-state index >= 15 is 0 Å². The van der Waals surface area contributed by atoms with Gasteiger partial charge in [0.15, 0.2) is 0 Å². The number of rotatable bonds is 5. The molecule has 2 rings (SSSR count). The van der Waals surface area contributed by atoms with Crippen LogP contribution in [0.2, 0.25) is 0 Å². The number of nitrogens with zero attached hydrogens (tertiary/aromatic N) is 1. The first-order valence-corrected chi connectivity index (χ1v) is 9.39. The fraction of sp³-hybridized carbons (Fsp3) is 0.524. The van der Waals surface area contributed by atoms with Crippen LogP contribution in [0.15, 0.2) is 41.6 Å². The van der Waals surface area contributed by atoms with Crippen molar-refractivity contribution in [3.63, 3.8) is 0 Å². The maximum absolute atomic E-state index is 12.5. The highest BCUT2D eigenvalue weighted by atomic mass is 16.6. The monoisotopic (exact) mass is 374 g/mol. The largest absolute Gasteiger partial charge is 0.463 e. The molecule has 0 saturated carbocycles. The molecule has 1 aromatic rings. The van der Waals surface area contributed by atoms with Crippen LogP contribution in [0, 0.1) is 0 Å². The normalized spacial score (nSPS) is 16.0. The molecular weight excluding hydrogens is 344 g/mol. The van der Waals surface area contributed by atoms with E-state index in [1.54, 1.807) is 11.8 Å². The smallest absolute Gasteiger partial charge is 0.410 e. The Balaban J connectivity index is 2.21. The molecule has 6 heteroatoms. The molecule has 148 valence electrons. The zero-order valence-electron chi connectivity index (χ0n) is 16.9. The Kier molecular flexibility index (Phi) is 6.88. The van der Waals surface area contributed by atoms with E-state index < -0.39 is 5.60 Å². The third kappa shape index (κ3) is 6.01. The Morgan fingerprint density at radius 2 is 1.89 bits per heavy atom. The van der Waals surface area contributed by atoms with Crippen molar-refractivity contribution in [3.8, 4) is 0 Å².